The van der Waals surface area contributed by atoms with Crippen LogP contribution in [-0.4, -0.2) is 16.7 Å². The molecule has 0 saturated heterocycles. The van der Waals surface area contributed by atoms with Gasteiger partial charge in [0.25, 0.3) is 0 Å². The summed E-state index contributed by atoms with van der Waals surface area (Å²) in [5.41, 5.74) is 9.96. The average molecular weight is 591 g/mol. The van der Waals surface area contributed by atoms with Crippen LogP contribution in [0.5, 0.6) is 0 Å². The molecule has 0 aliphatic carbocycles. The molecule has 1 atom stereocenters. The minimum atomic E-state index is -0.259. The molecule has 1 unspecified atom stereocenters. The zero-order valence-corrected chi connectivity index (χ0v) is 25.1. The van der Waals surface area contributed by atoms with Crippen LogP contribution in [0.15, 0.2) is 180 Å². The lowest BCUT2D eigenvalue weighted by Crippen LogP contribution is -2.33. The van der Waals surface area contributed by atoms with Gasteiger partial charge in [-0.2, -0.15) is 0 Å². The van der Waals surface area contributed by atoms with Gasteiger partial charge in [0.05, 0.1) is 5.69 Å². The Bertz CT molecular complexity index is 2190. The fourth-order valence-corrected chi connectivity index (χ4v) is 6.08. The largest absolute Gasteiger partial charge is 0.344 e. The highest BCUT2D eigenvalue weighted by Gasteiger charge is 2.21. The molecule has 0 spiro atoms. The van der Waals surface area contributed by atoms with Gasteiger partial charge < -0.3 is 5.32 Å². The van der Waals surface area contributed by atoms with Crippen LogP contribution < -0.4 is 5.32 Å². The first-order valence-electron chi connectivity index (χ1n) is 15.5. The zero-order valence-electron chi connectivity index (χ0n) is 25.1. The van der Waals surface area contributed by atoms with Crippen molar-refractivity contribution in [3.05, 3.63) is 187 Å². The van der Waals surface area contributed by atoms with Gasteiger partial charge in [-0.25, -0.2) is 9.98 Å². The smallest absolute Gasteiger partial charge is 0.159 e. The fourth-order valence-electron chi connectivity index (χ4n) is 6.08. The molecule has 218 valence electrons. The highest BCUT2D eigenvalue weighted by Crippen LogP contribution is 2.37. The van der Waals surface area contributed by atoms with E-state index in [9.17, 15) is 0 Å². The van der Waals surface area contributed by atoms with Crippen molar-refractivity contribution in [3.63, 3.8) is 0 Å². The van der Waals surface area contributed by atoms with E-state index in [1.54, 1.807) is 0 Å². The summed E-state index contributed by atoms with van der Waals surface area (Å²) in [4.78, 5) is 14.4. The zero-order chi connectivity index (χ0) is 30.7. The highest BCUT2D eigenvalue weighted by molar-refractivity contribution is 6.13. The molecule has 0 fully saturated rings. The van der Waals surface area contributed by atoms with Crippen LogP contribution in [0, 0.1) is 0 Å². The van der Waals surface area contributed by atoms with Crippen LogP contribution >= 0.6 is 0 Å². The maximum atomic E-state index is 5.04. The van der Waals surface area contributed by atoms with Crippen LogP contribution in [0.25, 0.3) is 44.3 Å². The number of aliphatic imine (C=N–C) groups is 2. The lowest BCUT2D eigenvalue weighted by atomic mass is 9.91. The Labute approximate surface area is 268 Å². The molecular weight excluding hydrogens is 560 g/mol. The van der Waals surface area contributed by atoms with Gasteiger partial charge in [-0.1, -0.05) is 152 Å². The first-order chi connectivity index (χ1) is 22.8. The second kappa shape index (κ2) is 12.1. The fraction of sp³-hybridized carbons (Fsp3) is 0.0238. The second-order valence-electron chi connectivity index (χ2n) is 11.3. The molecule has 2 heterocycles. The molecule has 46 heavy (non-hydrogen) atoms. The van der Waals surface area contributed by atoms with Crippen LogP contribution in [0.1, 0.15) is 22.9 Å². The lowest BCUT2D eigenvalue weighted by molar-refractivity contribution is 0.674. The second-order valence-corrected chi connectivity index (χ2v) is 11.3. The van der Waals surface area contributed by atoms with Crippen molar-refractivity contribution >= 4 is 22.4 Å². The monoisotopic (exact) mass is 590 g/mol. The Kier molecular flexibility index (Phi) is 7.21. The van der Waals surface area contributed by atoms with Crippen molar-refractivity contribution < 1.29 is 0 Å². The molecule has 6 aromatic carbocycles. The SMILES string of the molecule is c1ccc(C2=NC(c3ccc(-c4ccc(-c5ccc(-c6ccccn6)cc5)c5ccccc45)cc3)NC(c3ccccc3)=N2)cc1. The summed E-state index contributed by atoms with van der Waals surface area (Å²) in [6.07, 6.45) is 1.57. The molecular formula is C42H30N4. The molecule has 1 aliphatic rings. The van der Waals surface area contributed by atoms with E-state index >= 15 is 0 Å². The Hall–Kier alpha value is -6.13. The number of hydrogen-bond acceptors (Lipinski definition) is 4. The molecule has 1 aromatic heterocycles. The van der Waals surface area contributed by atoms with Crippen molar-refractivity contribution in [3.8, 4) is 33.5 Å². The molecule has 8 rings (SSSR count). The molecule has 1 N–H and O–H groups in total. The minimum Gasteiger partial charge on any atom is -0.344 e. The number of nitrogens with zero attached hydrogens (tertiary/aromatic N) is 3. The van der Waals surface area contributed by atoms with E-state index < -0.39 is 0 Å². The van der Waals surface area contributed by atoms with E-state index in [1.807, 2.05) is 60.8 Å². The predicted octanol–water partition coefficient (Wildman–Crippen LogP) is 9.73. The van der Waals surface area contributed by atoms with Crippen molar-refractivity contribution in [1.29, 1.82) is 0 Å². The molecule has 4 nitrogen and oxygen atoms in total. The van der Waals surface area contributed by atoms with E-state index in [-0.39, 0.29) is 6.17 Å². The van der Waals surface area contributed by atoms with Crippen molar-refractivity contribution in [2.45, 2.75) is 6.17 Å². The first kappa shape index (κ1) is 27.4. The van der Waals surface area contributed by atoms with Crippen molar-refractivity contribution in [2.24, 2.45) is 9.98 Å². The number of aromatic nitrogens is 1. The first-order valence-corrected chi connectivity index (χ1v) is 15.5. The Morgan fingerprint density at radius 1 is 0.435 bits per heavy atom. The third-order valence-corrected chi connectivity index (χ3v) is 8.44. The quantitative estimate of drug-likeness (QED) is 0.210. The highest BCUT2D eigenvalue weighted by atomic mass is 15.2. The molecule has 0 radical (unpaired) electrons. The summed E-state index contributed by atoms with van der Waals surface area (Å²) in [5.74, 6) is 1.54. The topological polar surface area (TPSA) is 49.6 Å². The van der Waals surface area contributed by atoms with E-state index in [1.165, 1.54) is 27.5 Å². The number of amidine groups is 2. The number of hydrogen-bond donors (Lipinski definition) is 1. The number of rotatable bonds is 6. The Balaban J connectivity index is 1.12. The summed E-state index contributed by atoms with van der Waals surface area (Å²) in [5, 5.41) is 6.02. The summed E-state index contributed by atoms with van der Waals surface area (Å²) >= 11 is 0. The van der Waals surface area contributed by atoms with Crippen LogP contribution in [0.4, 0.5) is 0 Å². The lowest BCUT2D eigenvalue weighted by Gasteiger charge is -2.24. The molecule has 0 saturated carbocycles. The van der Waals surface area contributed by atoms with Crippen LogP contribution in [0.3, 0.4) is 0 Å². The summed E-state index contributed by atoms with van der Waals surface area (Å²) in [7, 11) is 0. The van der Waals surface area contributed by atoms with Gasteiger partial charge in [-0.15, -0.1) is 0 Å². The van der Waals surface area contributed by atoms with E-state index in [2.05, 4.69) is 119 Å². The maximum Gasteiger partial charge on any atom is 0.159 e. The van der Waals surface area contributed by atoms with Gasteiger partial charge >= 0.3 is 0 Å². The standard InChI is InChI=1S/C42H30N4/c1-3-11-32(12-4-1)40-44-41(33-13-5-2-6-14-33)46-42(45-40)34-24-20-30(21-25-34)36-27-26-35(37-15-7-8-16-38(36)37)29-18-22-31(23-19-29)39-17-9-10-28-43-39/h1-28,42H,(H,44,45,46). The summed E-state index contributed by atoms with van der Waals surface area (Å²) in [6.45, 7) is 0. The predicted molar refractivity (Wildman–Crippen MR) is 190 cm³/mol. The van der Waals surface area contributed by atoms with Gasteiger partial charge in [0.2, 0.25) is 0 Å². The van der Waals surface area contributed by atoms with Gasteiger partial charge in [-0.3, -0.25) is 4.98 Å². The number of nitrogens with one attached hydrogen (secondary N) is 1. The van der Waals surface area contributed by atoms with Crippen LogP contribution in [-0.2, 0) is 0 Å². The van der Waals surface area contributed by atoms with Crippen molar-refractivity contribution in [1.82, 2.24) is 10.3 Å². The number of benzene rings is 6. The van der Waals surface area contributed by atoms with E-state index in [0.29, 0.717) is 0 Å². The number of fused-ring (bicyclic) bond motifs is 1. The van der Waals surface area contributed by atoms with E-state index in [0.717, 1.165) is 45.2 Å². The third kappa shape index (κ3) is 5.37. The third-order valence-electron chi connectivity index (χ3n) is 8.44. The normalized spacial score (nSPS) is 14.3. The van der Waals surface area contributed by atoms with Gasteiger partial charge in [0.1, 0.15) is 12.0 Å². The van der Waals surface area contributed by atoms with Gasteiger partial charge in [0, 0.05) is 22.9 Å². The van der Waals surface area contributed by atoms with Gasteiger partial charge in [-0.05, 0) is 50.7 Å². The summed E-state index contributed by atoms with van der Waals surface area (Å²) < 4.78 is 0. The Morgan fingerprint density at radius 3 is 1.59 bits per heavy atom. The van der Waals surface area contributed by atoms with Crippen molar-refractivity contribution in [2.75, 3.05) is 0 Å². The van der Waals surface area contributed by atoms with E-state index in [4.69, 9.17) is 9.98 Å². The Morgan fingerprint density at radius 2 is 0.978 bits per heavy atom. The van der Waals surface area contributed by atoms with Crippen LogP contribution in [0.2, 0.25) is 0 Å². The maximum absolute atomic E-state index is 5.04. The average Bonchev–Trinajstić information content (AvgIpc) is 3.15. The minimum absolute atomic E-state index is 0.259. The number of pyridine rings is 1. The molecule has 7 aromatic rings. The molecule has 0 amide bonds. The van der Waals surface area contributed by atoms with Gasteiger partial charge in [0.15, 0.2) is 5.84 Å². The molecule has 0 bridgehead atoms. The molecule has 4 heteroatoms. The summed E-state index contributed by atoms with van der Waals surface area (Å²) in [6, 6.07) is 57.0. The molecule has 1 aliphatic heterocycles.